The fourth-order valence-corrected chi connectivity index (χ4v) is 0.364. The maximum Gasteiger partial charge on any atom is 0.115 e. The van der Waals surface area contributed by atoms with Crippen LogP contribution in [-0.4, -0.2) is 16.2 Å². The number of hydrogen-bond acceptors (Lipinski definition) is 3. The van der Waals surface area contributed by atoms with Gasteiger partial charge < -0.3 is 0 Å². The molecule has 0 aromatic carbocycles. The topological polar surface area (TPSA) is 49.6 Å². The molecule has 0 aliphatic carbocycles. The molecular formula is C5H4N3. The van der Waals surface area contributed by atoms with Crippen molar-refractivity contribution in [1.29, 1.82) is 5.41 Å². The molecule has 1 radical (unpaired) electrons. The first-order valence-corrected chi connectivity index (χ1v) is 2.11. The van der Waals surface area contributed by atoms with Gasteiger partial charge in [0.1, 0.15) is 6.33 Å². The van der Waals surface area contributed by atoms with Crippen molar-refractivity contribution in [2.24, 2.45) is 0 Å². The van der Waals surface area contributed by atoms with Crippen LogP contribution in [0.5, 0.6) is 0 Å². The second-order valence-electron chi connectivity index (χ2n) is 1.25. The summed E-state index contributed by atoms with van der Waals surface area (Å²) in [4.78, 5) is 7.32. The van der Waals surface area contributed by atoms with Crippen LogP contribution in [0.3, 0.4) is 0 Å². The van der Waals surface area contributed by atoms with E-state index in [1.165, 1.54) is 18.7 Å². The summed E-state index contributed by atoms with van der Waals surface area (Å²) in [5, 5.41) is 6.61. The monoisotopic (exact) mass is 106 g/mol. The number of rotatable bonds is 1. The molecule has 0 unspecified atom stereocenters. The van der Waals surface area contributed by atoms with Crippen LogP contribution < -0.4 is 0 Å². The zero-order valence-electron chi connectivity index (χ0n) is 4.13. The van der Waals surface area contributed by atoms with Crippen LogP contribution in [0, 0.1) is 5.41 Å². The summed E-state index contributed by atoms with van der Waals surface area (Å²) in [5.74, 6) is 0. The van der Waals surface area contributed by atoms with Crippen molar-refractivity contribution in [3.05, 3.63) is 24.3 Å². The third-order valence-electron chi connectivity index (χ3n) is 0.705. The van der Waals surface area contributed by atoms with Crippen molar-refractivity contribution in [2.45, 2.75) is 0 Å². The Hall–Kier alpha value is -1.25. The van der Waals surface area contributed by atoms with Crippen LogP contribution in [0.15, 0.2) is 18.7 Å². The summed E-state index contributed by atoms with van der Waals surface area (Å²) in [6.07, 6.45) is 6.62. The van der Waals surface area contributed by atoms with Gasteiger partial charge in [-0.2, -0.15) is 0 Å². The molecule has 1 aromatic heterocycles. The highest BCUT2D eigenvalue weighted by Crippen LogP contribution is 1.83. The molecule has 0 fully saturated rings. The first-order valence-electron chi connectivity index (χ1n) is 2.11. The lowest BCUT2D eigenvalue weighted by molar-refractivity contribution is 1.16. The summed E-state index contributed by atoms with van der Waals surface area (Å²) in [6.45, 7) is 0. The summed E-state index contributed by atoms with van der Waals surface area (Å²) >= 11 is 0. The minimum atomic E-state index is 0.604. The molecule has 0 saturated heterocycles. The first-order chi connectivity index (χ1) is 3.93. The normalized spacial score (nSPS) is 8.50. The maximum absolute atomic E-state index is 6.61. The van der Waals surface area contributed by atoms with Gasteiger partial charge in [0.05, 0.1) is 6.21 Å². The molecule has 1 aromatic rings. The predicted octanol–water partition coefficient (Wildman–Crippen LogP) is 0.351. The summed E-state index contributed by atoms with van der Waals surface area (Å²) in [7, 11) is 0. The van der Waals surface area contributed by atoms with E-state index < -0.39 is 0 Å². The second-order valence-corrected chi connectivity index (χ2v) is 1.25. The van der Waals surface area contributed by atoms with E-state index in [1.807, 2.05) is 0 Å². The highest BCUT2D eigenvalue weighted by molar-refractivity contribution is 5.75. The van der Waals surface area contributed by atoms with Gasteiger partial charge in [0, 0.05) is 18.0 Å². The molecule has 39 valence electrons. The van der Waals surface area contributed by atoms with Gasteiger partial charge in [-0.3, -0.25) is 5.41 Å². The van der Waals surface area contributed by atoms with Crippen molar-refractivity contribution in [2.75, 3.05) is 0 Å². The highest BCUT2D eigenvalue weighted by Gasteiger charge is 1.80. The standard InChI is InChI=1S/C5H4N3/c6-1-5-2-7-4-8-3-5/h2-4,6H. The third kappa shape index (κ3) is 0.872. The number of nitrogens with one attached hydrogen (secondary N) is 1. The van der Waals surface area contributed by atoms with E-state index >= 15 is 0 Å². The zero-order chi connectivity index (χ0) is 5.82. The molecule has 0 spiro atoms. The van der Waals surface area contributed by atoms with Crippen LogP contribution in [0.1, 0.15) is 5.56 Å². The Bertz CT molecular complexity index is 170. The van der Waals surface area contributed by atoms with Crippen molar-refractivity contribution in [3.8, 4) is 0 Å². The van der Waals surface area contributed by atoms with E-state index in [0.29, 0.717) is 5.56 Å². The molecule has 0 atom stereocenters. The molecular weight excluding hydrogens is 102 g/mol. The van der Waals surface area contributed by atoms with Gasteiger partial charge in [0.15, 0.2) is 0 Å². The zero-order valence-corrected chi connectivity index (χ0v) is 4.13. The summed E-state index contributed by atoms with van der Waals surface area (Å²) < 4.78 is 0. The minimum Gasteiger partial charge on any atom is -0.298 e. The minimum absolute atomic E-state index is 0.604. The Labute approximate surface area is 46.9 Å². The third-order valence-corrected chi connectivity index (χ3v) is 0.705. The first kappa shape index (κ1) is 4.90. The lowest BCUT2D eigenvalue weighted by Crippen LogP contribution is -1.81. The van der Waals surface area contributed by atoms with Crippen LogP contribution in [0.25, 0.3) is 0 Å². The number of nitrogens with zero attached hydrogens (tertiary/aromatic N) is 2. The summed E-state index contributed by atoms with van der Waals surface area (Å²) in [5.41, 5.74) is 0.604. The molecule has 1 heterocycles. The van der Waals surface area contributed by atoms with Crippen LogP contribution in [0.2, 0.25) is 0 Å². The summed E-state index contributed by atoms with van der Waals surface area (Å²) in [6, 6.07) is 0. The number of hydrogen-bond donors (Lipinski definition) is 1. The Kier molecular flexibility index (Phi) is 1.32. The predicted molar refractivity (Wildman–Crippen MR) is 28.9 cm³/mol. The molecule has 0 aliphatic rings. The fraction of sp³-hybridized carbons (Fsp3) is 0. The molecule has 0 bridgehead atoms. The molecule has 3 nitrogen and oxygen atoms in total. The molecule has 8 heavy (non-hydrogen) atoms. The quantitative estimate of drug-likeness (QED) is 0.525. The van der Waals surface area contributed by atoms with Gasteiger partial charge in [-0.25, -0.2) is 9.97 Å². The van der Waals surface area contributed by atoms with E-state index in [1.54, 1.807) is 0 Å². The van der Waals surface area contributed by atoms with Gasteiger partial charge in [-0.15, -0.1) is 0 Å². The van der Waals surface area contributed by atoms with Gasteiger partial charge >= 0.3 is 0 Å². The number of aromatic nitrogens is 2. The fourth-order valence-electron chi connectivity index (χ4n) is 0.364. The van der Waals surface area contributed by atoms with Gasteiger partial charge in [-0.1, -0.05) is 0 Å². The van der Waals surface area contributed by atoms with Gasteiger partial charge in [0.2, 0.25) is 0 Å². The Morgan fingerprint density at radius 1 is 1.38 bits per heavy atom. The van der Waals surface area contributed by atoms with Crippen LogP contribution in [0.4, 0.5) is 0 Å². The maximum atomic E-state index is 6.61. The molecule has 1 N–H and O–H groups in total. The Balaban J connectivity index is 2.99. The van der Waals surface area contributed by atoms with Crippen LogP contribution >= 0.6 is 0 Å². The second kappa shape index (κ2) is 2.16. The lowest BCUT2D eigenvalue weighted by Gasteiger charge is -1.81. The van der Waals surface area contributed by atoms with E-state index in [9.17, 15) is 0 Å². The van der Waals surface area contributed by atoms with E-state index in [0.717, 1.165) is 0 Å². The Morgan fingerprint density at radius 3 is 2.38 bits per heavy atom. The lowest BCUT2D eigenvalue weighted by atomic mass is 10.4. The van der Waals surface area contributed by atoms with E-state index in [2.05, 4.69) is 16.2 Å². The average Bonchev–Trinajstić information content (AvgIpc) is 1.90. The van der Waals surface area contributed by atoms with E-state index in [-0.39, 0.29) is 0 Å². The smallest absolute Gasteiger partial charge is 0.115 e. The van der Waals surface area contributed by atoms with E-state index in [4.69, 9.17) is 5.41 Å². The largest absolute Gasteiger partial charge is 0.298 e. The van der Waals surface area contributed by atoms with Gasteiger partial charge in [0.25, 0.3) is 0 Å². The molecule has 0 saturated carbocycles. The van der Waals surface area contributed by atoms with Crippen LogP contribution in [-0.2, 0) is 0 Å². The van der Waals surface area contributed by atoms with Crippen molar-refractivity contribution < 1.29 is 0 Å². The molecule has 1 rings (SSSR count). The average molecular weight is 106 g/mol. The SMILES string of the molecule is N=[C]c1cncnc1. The van der Waals surface area contributed by atoms with Gasteiger partial charge in [-0.05, 0) is 0 Å². The molecule has 0 amide bonds. The molecule has 3 heteroatoms. The molecule has 0 aliphatic heterocycles. The van der Waals surface area contributed by atoms with Crippen molar-refractivity contribution >= 4 is 6.21 Å². The highest BCUT2D eigenvalue weighted by atomic mass is 14.8. The van der Waals surface area contributed by atoms with Crippen molar-refractivity contribution in [1.82, 2.24) is 9.97 Å². The van der Waals surface area contributed by atoms with Crippen molar-refractivity contribution in [3.63, 3.8) is 0 Å². The Morgan fingerprint density at radius 2 is 2.00 bits per heavy atom.